The van der Waals surface area contributed by atoms with E-state index < -0.39 is 0 Å². The summed E-state index contributed by atoms with van der Waals surface area (Å²) in [5, 5.41) is 5.61. The van der Waals surface area contributed by atoms with Crippen LogP contribution >= 0.6 is 15.9 Å². The first kappa shape index (κ1) is 13.1. The number of hydrogen-bond donors (Lipinski definition) is 1. The number of fused-ring (bicyclic) bond motifs is 1. The Kier molecular flexibility index (Phi) is 3.22. The van der Waals surface area contributed by atoms with Gasteiger partial charge in [0.05, 0.1) is 27.9 Å². The second-order valence-corrected chi connectivity index (χ2v) is 5.66. The lowest BCUT2D eigenvalue weighted by atomic mass is 10.1. The van der Waals surface area contributed by atoms with E-state index in [0.29, 0.717) is 12.4 Å². The smallest absolute Gasteiger partial charge is 0.129 e. The molecule has 0 unspecified atom stereocenters. The Hall–Kier alpha value is -1.88. The molecule has 4 nitrogen and oxygen atoms in total. The molecule has 2 aromatic heterocycles. The van der Waals surface area contributed by atoms with Crippen molar-refractivity contribution in [1.82, 2.24) is 14.8 Å². The summed E-state index contributed by atoms with van der Waals surface area (Å²) in [5.41, 5.74) is 10.0. The molecule has 3 aromatic rings. The normalized spacial score (nSPS) is 11.2. The predicted molar refractivity (Wildman–Crippen MR) is 84.7 cm³/mol. The van der Waals surface area contributed by atoms with Crippen molar-refractivity contribution in [2.75, 3.05) is 5.73 Å². The first-order chi connectivity index (χ1) is 9.56. The SMILES string of the molecule is Cc1nn(Cc2cc3ccccc3nc2N)c(C)c1Br. The van der Waals surface area contributed by atoms with Crippen LogP contribution in [0.15, 0.2) is 34.8 Å². The molecule has 102 valence electrons. The van der Waals surface area contributed by atoms with Crippen molar-refractivity contribution in [3.05, 3.63) is 51.8 Å². The van der Waals surface area contributed by atoms with E-state index in [4.69, 9.17) is 5.73 Å². The van der Waals surface area contributed by atoms with Crippen LogP contribution in [-0.4, -0.2) is 14.8 Å². The summed E-state index contributed by atoms with van der Waals surface area (Å²) in [6.45, 7) is 4.65. The fraction of sp³-hybridized carbons (Fsp3) is 0.200. The molecule has 0 atom stereocenters. The van der Waals surface area contributed by atoms with Gasteiger partial charge in [-0.25, -0.2) is 4.98 Å². The van der Waals surface area contributed by atoms with Crippen LogP contribution < -0.4 is 5.73 Å². The second kappa shape index (κ2) is 4.90. The second-order valence-electron chi connectivity index (χ2n) is 4.87. The summed E-state index contributed by atoms with van der Waals surface area (Å²) in [6, 6.07) is 10.1. The van der Waals surface area contributed by atoms with Crippen molar-refractivity contribution in [2.45, 2.75) is 20.4 Å². The first-order valence-electron chi connectivity index (χ1n) is 6.40. The summed E-state index contributed by atoms with van der Waals surface area (Å²) in [4.78, 5) is 4.46. The van der Waals surface area contributed by atoms with Crippen LogP contribution in [0.3, 0.4) is 0 Å². The number of hydrogen-bond acceptors (Lipinski definition) is 3. The number of benzene rings is 1. The molecule has 0 saturated heterocycles. The van der Waals surface area contributed by atoms with Gasteiger partial charge in [0.1, 0.15) is 5.82 Å². The third-order valence-corrected chi connectivity index (χ3v) is 4.60. The van der Waals surface area contributed by atoms with Crippen LogP contribution in [-0.2, 0) is 6.54 Å². The fourth-order valence-corrected chi connectivity index (χ4v) is 2.58. The van der Waals surface area contributed by atoms with Gasteiger partial charge in [0.25, 0.3) is 0 Å². The molecule has 0 amide bonds. The largest absolute Gasteiger partial charge is 0.383 e. The quantitative estimate of drug-likeness (QED) is 0.783. The zero-order chi connectivity index (χ0) is 14.3. The van der Waals surface area contributed by atoms with Crippen LogP contribution in [0.5, 0.6) is 0 Å². The minimum atomic E-state index is 0.562. The Bertz CT molecular complexity index is 792. The standard InChI is InChI=1S/C15H15BrN4/c1-9-14(16)10(2)20(19-9)8-12-7-11-5-3-4-6-13(11)18-15(12)17/h3-7H,8H2,1-2H3,(H2,17,18). The van der Waals surface area contributed by atoms with E-state index >= 15 is 0 Å². The van der Waals surface area contributed by atoms with Crippen LogP contribution in [0.1, 0.15) is 17.0 Å². The maximum Gasteiger partial charge on any atom is 0.129 e. The molecular weight excluding hydrogens is 316 g/mol. The highest BCUT2D eigenvalue weighted by atomic mass is 79.9. The Labute approximate surface area is 125 Å². The molecule has 2 heterocycles. The zero-order valence-corrected chi connectivity index (χ0v) is 13.0. The number of nitrogens with two attached hydrogens (primary N) is 1. The van der Waals surface area contributed by atoms with E-state index in [2.05, 4.69) is 32.1 Å². The lowest BCUT2D eigenvalue weighted by Crippen LogP contribution is -2.07. The Balaban J connectivity index is 2.06. The molecule has 0 bridgehead atoms. The number of aromatic nitrogens is 3. The minimum Gasteiger partial charge on any atom is -0.383 e. The van der Waals surface area contributed by atoms with E-state index in [1.165, 1.54) is 0 Å². The highest BCUT2D eigenvalue weighted by Crippen LogP contribution is 2.23. The average Bonchev–Trinajstić information content (AvgIpc) is 2.67. The predicted octanol–water partition coefficient (Wildman–Crippen LogP) is 3.44. The van der Waals surface area contributed by atoms with Crippen molar-refractivity contribution in [3.8, 4) is 0 Å². The van der Waals surface area contributed by atoms with Crippen molar-refractivity contribution in [3.63, 3.8) is 0 Å². The third kappa shape index (κ3) is 2.18. The molecule has 5 heteroatoms. The number of halogens is 1. The molecule has 0 spiro atoms. The molecule has 0 fully saturated rings. The van der Waals surface area contributed by atoms with Crippen molar-refractivity contribution < 1.29 is 0 Å². The molecule has 0 aliphatic heterocycles. The highest BCUT2D eigenvalue weighted by Gasteiger charge is 2.11. The van der Waals surface area contributed by atoms with Gasteiger partial charge in [-0.05, 0) is 41.9 Å². The lowest BCUT2D eigenvalue weighted by Gasteiger charge is -2.09. The molecule has 20 heavy (non-hydrogen) atoms. The summed E-state index contributed by atoms with van der Waals surface area (Å²) in [5.74, 6) is 0.562. The molecule has 3 rings (SSSR count). The van der Waals surface area contributed by atoms with Gasteiger partial charge in [-0.1, -0.05) is 18.2 Å². The van der Waals surface area contributed by atoms with Gasteiger partial charge in [0.15, 0.2) is 0 Å². The van der Waals surface area contributed by atoms with Gasteiger partial charge in [0, 0.05) is 10.9 Å². The van der Waals surface area contributed by atoms with Gasteiger partial charge in [-0.15, -0.1) is 0 Å². The molecule has 1 aromatic carbocycles. The van der Waals surface area contributed by atoms with Crippen molar-refractivity contribution >= 4 is 32.7 Å². The number of rotatable bonds is 2. The topological polar surface area (TPSA) is 56.7 Å². The first-order valence-corrected chi connectivity index (χ1v) is 7.19. The molecule has 0 aliphatic rings. The van der Waals surface area contributed by atoms with Crippen LogP contribution in [0, 0.1) is 13.8 Å². The van der Waals surface area contributed by atoms with Crippen molar-refractivity contribution in [2.24, 2.45) is 0 Å². The van der Waals surface area contributed by atoms with E-state index in [9.17, 15) is 0 Å². The van der Waals surface area contributed by atoms with Crippen LogP contribution in [0.2, 0.25) is 0 Å². The van der Waals surface area contributed by atoms with E-state index in [1.807, 2.05) is 42.8 Å². The maximum atomic E-state index is 6.07. The maximum absolute atomic E-state index is 6.07. The Morgan fingerprint density at radius 1 is 1.25 bits per heavy atom. The Morgan fingerprint density at radius 2 is 2.00 bits per heavy atom. The van der Waals surface area contributed by atoms with Gasteiger partial charge >= 0.3 is 0 Å². The highest BCUT2D eigenvalue weighted by molar-refractivity contribution is 9.10. The zero-order valence-electron chi connectivity index (χ0n) is 11.4. The van der Waals surface area contributed by atoms with Gasteiger partial charge < -0.3 is 5.73 Å². The van der Waals surface area contributed by atoms with Crippen LogP contribution in [0.25, 0.3) is 10.9 Å². The molecule has 2 N–H and O–H groups in total. The number of anilines is 1. The van der Waals surface area contributed by atoms with E-state index in [1.54, 1.807) is 0 Å². The number of nitrogens with zero attached hydrogens (tertiary/aromatic N) is 3. The molecule has 0 saturated carbocycles. The van der Waals surface area contributed by atoms with E-state index in [-0.39, 0.29) is 0 Å². The number of nitrogen functional groups attached to an aromatic ring is 1. The minimum absolute atomic E-state index is 0.562. The number of aryl methyl sites for hydroxylation is 1. The van der Waals surface area contributed by atoms with Gasteiger partial charge in [-0.2, -0.15) is 5.10 Å². The summed E-state index contributed by atoms with van der Waals surface area (Å²) < 4.78 is 2.99. The average molecular weight is 331 g/mol. The monoisotopic (exact) mass is 330 g/mol. The number of pyridine rings is 1. The summed E-state index contributed by atoms with van der Waals surface area (Å²) >= 11 is 3.54. The van der Waals surface area contributed by atoms with Crippen molar-refractivity contribution in [1.29, 1.82) is 0 Å². The lowest BCUT2D eigenvalue weighted by molar-refractivity contribution is 0.659. The molecule has 0 radical (unpaired) electrons. The summed E-state index contributed by atoms with van der Waals surface area (Å²) in [7, 11) is 0. The van der Waals surface area contributed by atoms with E-state index in [0.717, 1.165) is 32.3 Å². The molecular formula is C15H15BrN4. The number of para-hydroxylation sites is 1. The third-order valence-electron chi connectivity index (χ3n) is 3.45. The Morgan fingerprint density at radius 3 is 2.70 bits per heavy atom. The molecule has 0 aliphatic carbocycles. The summed E-state index contributed by atoms with van der Waals surface area (Å²) in [6.07, 6.45) is 0. The fourth-order valence-electron chi connectivity index (χ4n) is 2.29. The van der Waals surface area contributed by atoms with Crippen LogP contribution in [0.4, 0.5) is 5.82 Å². The van der Waals surface area contributed by atoms with Gasteiger partial charge in [-0.3, -0.25) is 4.68 Å². The van der Waals surface area contributed by atoms with Gasteiger partial charge in [0.2, 0.25) is 0 Å².